The van der Waals surface area contributed by atoms with Crippen LogP contribution in [0.5, 0.6) is 0 Å². The first-order chi connectivity index (χ1) is 18.8. The van der Waals surface area contributed by atoms with E-state index in [0.29, 0.717) is 6.04 Å². The number of nitrogens with zero attached hydrogens (tertiary/aromatic N) is 1. The van der Waals surface area contributed by atoms with Gasteiger partial charge >= 0.3 is 8.16 Å². The fraction of sp³-hybridized carbons (Fsp3) is 0.235. The van der Waals surface area contributed by atoms with E-state index >= 15 is 0 Å². The lowest BCUT2D eigenvalue weighted by molar-refractivity contribution is 0.401. The van der Waals surface area contributed by atoms with Gasteiger partial charge in [0.25, 0.3) is 0 Å². The molecular formula is C34H32NO2P. The molecule has 3 nitrogen and oxygen atoms in total. The van der Waals surface area contributed by atoms with Gasteiger partial charge in [0, 0.05) is 22.9 Å². The normalized spacial score (nSPS) is 15.5. The van der Waals surface area contributed by atoms with Gasteiger partial charge < -0.3 is 8.39 Å². The van der Waals surface area contributed by atoms with Gasteiger partial charge in [-0.15, -0.1) is 0 Å². The summed E-state index contributed by atoms with van der Waals surface area (Å²) >= 11 is 0. The summed E-state index contributed by atoms with van der Waals surface area (Å²) in [6.45, 7) is 2.31. The lowest BCUT2D eigenvalue weighted by atomic mass is 9.94. The third kappa shape index (κ3) is 4.11. The van der Waals surface area contributed by atoms with Crippen molar-refractivity contribution >= 4 is 51.6 Å². The molecular weight excluding hydrogens is 485 g/mol. The Morgan fingerprint density at radius 1 is 0.632 bits per heavy atom. The zero-order valence-corrected chi connectivity index (χ0v) is 22.6. The van der Waals surface area contributed by atoms with Gasteiger partial charge in [0.05, 0.1) is 0 Å². The highest BCUT2D eigenvalue weighted by atomic mass is 31.1. The summed E-state index contributed by atoms with van der Waals surface area (Å²) in [5.74, 6) is 0. The second-order valence-corrected chi connectivity index (χ2v) is 11.8. The Morgan fingerprint density at radius 2 is 1.16 bits per heavy atom. The van der Waals surface area contributed by atoms with Gasteiger partial charge in [-0.25, -0.2) is 0 Å². The van der Waals surface area contributed by atoms with Gasteiger partial charge in [0.2, 0.25) is 0 Å². The van der Waals surface area contributed by atoms with Crippen LogP contribution in [0.3, 0.4) is 0 Å². The highest BCUT2D eigenvalue weighted by Crippen LogP contribution is 2.46. The van der Waals surface area contributed by atoms with Crippen LogP contribution in [0.4, 0.5) is 0 Å². The van der Waals surface area contributed by atoms with Crippen molar-refractivity contribution in [3.63, 3.8) is 0 Å². The Morgan fingerprint density at radius 3 is 1.74 bits per heavy atom. The molecule has 0 spiro atoms. The fourth-order valence-corrected chi connectivity index (χ4v) is 8.05. The largest absolute Gasteiger partial charge is 0.408 e. The Balaban J connectivity index is 1.58. The van der Waals surface area contributed by atoms with Crippen LogP contribution in [0, 0.1) is 0 Å². The lowest BCUT2D eigenvalue weighted by Crippen LogP contribution is -2.36. The van der Waals surface area contributed by atoms with E-state index in [1.54, 1.807) is 0 Å². The van der Waals surface area contributed by atoms with Gasteiger partial charge in [-0.05, 0) is 59.0 Å². The molecule has 0 unspecified atom stereocenters. The molecule has 0 N–H and O–H groups in total. The van der Waals surface area contributed by atoms with Crippen LogP contribution in [0.15, 0.2) is 112 Å². The van der Waals surface area contributed by atoms with E-state index in [0.717, 1.165) is 21.9 Å². The Bertz CT molecular complexity index is 1690. The summed E-state index contributed by atoms with van der Waals surface area (Å²) < 4.78 is 16.6. The number of fused-ring (bicyclic) bond motifs is 7. The average Bonchev–Trinajstić information content (AvgIpc) is 3.15. The number of rotatable bonds is 4. The molecule has 0 amide bonds. The second kappa shape index (κ2) is 9.98. The SMILES string of the molecule is C[C@@H](c1ccccc1)N(C1CCCCC1)p1oc2ccc3ccccc3c2c2c(ccc3ccccc32)o1. The van der Waals surface area contributed by atoms with Crippen molar-refractivity contribution in [3.05, 3.63) is 109 Å². The van der Waals surface area contributed by atoms with E-state index in [4.69, 9.17) is 8.39 Å². The summed E-state index contributed by atoms with van der Waals surface area (Å²) in [5, 5.41) is 7.09. The minimum absolute atomic E-state index is 0.177. The Hall–Kier alpha value is -3.52. The van der Waals surface area contributed by atoms with E-state index in [1.165, 1.54) is 59.2 Å². The molecule has 0 radical (unpaired) electrons. The Kier molecular flexibility index (Phi) is 6.20. The van der Waals surface area contributed by atoms with Crippen molar-refractivity contribution < 1.29 is 8.39 Å². The van der Waals surface area contributed by atoms with Gasteiger partial charge in [-0.2, -0.15) is 4.67 Å². The summed E-state index contributed by atoms with van der Waals surface area (Å²) in [6.07, 6.45) is 6.19. The minimum atomic E-state index is -1.40. The molecule has 5 aromatic carbocycles. The van der Waals surface area contributed by atoms with Crippen LogP contribution in [-0.4, -0.2) is 6.04 Å². The molecule has 190 valence electrons. The van der Waals surface area contributed by atoms with Crippen molar-refractivity contribution in [1.82, 2.24) is 0 Å². The average molecular weight is 518 g/mol. The van der Waals surface area contributed by atoms with Crippen molar-refractivity contribution in [2.75, 3.05) is 4.67 Å². The number of hydrogen-bond donors (Lipinski definition) is 0. The third-order valence-corrected chi connectivity index (χ3v) is 9.96. The topological polar surface area (TPSA) is 29.5 Å². The third-order valence-electron chi connectivity index (χ3n) is 8.20. The molecule has 1 atom stereocenters. The smallest absolute Gasteiger partial charge is 0.310 e. The van der Waals surface area contributed by atoms with Crippen LogP contribution >= 0.6 is 8.16 Å². The molecule has 1 fully saturated rings. The molecule has 0 bridgehead atoms. The molecule has 0 saturated heterocycles. The van der Waals surface area contributed by atoms with Crippen molar-refractivity contribution in [1.29, 1.82) is 0 Å². The Labute approximate surface area is 224 Å². The van der Waals surface area contributed by atoms with Crippen molar-refractivity contribution in [2.24, 2.45) is 0 Å². The van der Waals surface area contributed by atoms with E-state index in [9.17, 15) is 0 Å². The monoisotopic (exact) mass is 517 g/mol. The summed E-state index contributed by atoms with van der Waals surface area (Å²) in [7, 11) is -1.40. The summed E-state index contributed by atoms with van der Waals surface area (Å²) in [4.78, 5) is 0. The molecule has 0 aliphatic heterocycles. The highest BCUT2D eigenvalue weighted by Gasteiger charge is 2.31. The predicted octanol–water partition coefficient (Wildman–Crippen LogP) is 10.6. The highest BCUT2D eigenvalue weighted by molar-refractivity contribution is 7.39. The molecule has 38 heavy (non-hydrogen) atoms. The molecule has 1 saturated carbocycles. The molecule has 1 aliphatic rings. The predicted molar refractivity (Wildman–Crippen MR) is 161 cm³/mol. The molecule has 6 aromatic rings. The van der Waals surface area contributed by atoms with Crippen LogP contribution in [-0.2, 0) is 0 Å². The fourth-order valence-electron chi connectivity index (χ4n) is 6.27. The van der Waals surface area contributed by atoms with Crippen LogP contribution in [0.1, 0.15) is 50.6 Å². The summed E-state index contributed by atoms with van der Waals surface area (Å²) in [6, 6.07) is 37.3. The molecule has 7 rings (SSSR count). The van der Waals surface area contributed by atoms with Gasteiger partial charge in [-0.3, -0.25) is 0 Å². The van der Waals surface area contributed by atoms with Crippen molar-refractivity contribution in [2.45, 2.75) is 51.1 Å². The maximum Gasteiger partial charge on any atom is 0.310 e. The van der Waals surface area contributed by atoms with E-state index in [-0.39, 0.29) is 6.04 Å². The maximum absolute atomic E-state index is 7.02. The van der Waals surface area contributed by atoms with E-state index in [2.05, 4.69) is 115 Å². The van der Waals surface area contributed by atoms with E-state index in [1.807, 2.05) is 0 Å². The first-order valence-corrected chi connectivity index (χ1v) is 14.9. The maximum atomic E-state index is 7.02. The minimum Gasteiger partial charge on any atom is -0.408 e. The zero-order valence-electron chi connectivity index (χ0n) is 21.7. The zero-order chi connectivity index (χ0) is 25.5. The molecule has 1 heterocycles. The molecule has 1 aromatic heterocycles. The first kappa shape index (κ1) is 23.6. The number of hydrogen-bond acceptors (Lipinski definition) is 3. The standard InChI is InChI=1S/C34H32NO2P/c1-24(25-12-4-2-5-13-25)35(28-16-6-3-7-17-28)38-36-31-22-20-26-14-8-10-18-29(26)33(31)34-30-19-11-9-15-27(30)21-23-32(34)37-38/h2,4-5,8-15,18-24,28H,3,6-7,16-17H2,1H3/t24-/m0/s1. The van der Waals surface area contributed by atoms with Crippen LogP contribution < -0.4 is 4.67 Å². The quantitative estimate of drug-likeness (QED) is 0.233. The van der Waals surface area contributed by atoms with Crippen LogP contribution in [0.2, 0.25) is 0 Å². The second-order valence-electron chi connectivity index (χ2n) is 10.5. The van der Waals surface area contributed by atoms with Crippen LogP contribution in [0.25, 0.3) is 43.5 Å². The lowest BCUT2D eigenvalue weighted by Gasteiger charge is -2.35. The summed E-state index contributed by atoms with van der Waals surface area (Å²) in [5.41, 5.74) is 3.12. The molecule has 1 aliphatic carbocycles. The van der Waals surface area contributed by atoms with Crippen molar-refractivity contribution in [3.8, 4) is 0 Å². The van der Waals surface area contributed by atoms with E-state index < -0.39 is 8.16 Å². The number of benzene rings is 5. The van der Waals surface area contributed by atoms with Gasteiger partial charge in [-0.1, -0.05) is 110 Å². The molecule has 4 heteroatoms. The van der Waals surface area contributed by atoms with Gasteiger partial charge in [0.1, 0.15) is 11.2 Å². The van der Waals surface area contributed by atoms with Gasteiger partial charge in [0.15, 0.2) is 0 Å². The first-order valence-electron chi connectivity index (χ1n) is 13.8.